The van der Waals surface area contributed by atoms with Gasteiger partial charge in [-0.1, -0.05) is 6.07 Å². The first kappa shape index (κ1) is 18.1. The van der Waals surface area contributed by atoms with E-state index in [0.717, 1.165) is 28.9 Å². The van der Waals surface area contributed by atoms with Crippen LogP contribution >= 0.6 is 0 Å². The van der Waals surface area contributed by atoms with Gasteiger partial charge in [0.25, 0.3) is 5.91 Å². The molecule has 4 amide bonds. The number of carbonyl (C=O) groups is 3. The first-order valence-corrected chi connectivity index (χ1v) is 9.14. The number of furan rings is 1. The van der Waals surface area contributed by atoms with Crippen LogP contribution in [-0.4, -0.2) is 36.4 Å². The maximum absolute atomic E-state index is 13.2. The number of benzene rings is 1. The van der Waals surface area contributed by atoms with E-state index in [1.54, 1.807) is 25.3 Å². The summed E-state index contributed by atoms with van der Waals surface area (Å²) in [7, 11) is 1.59. The van der Waals surface area contributed by atoms with Gasteiger partial charge in [0.05, 0.1) is 19.9 Å². The van der Waals surface area contributed by atoms with Crippen molar-refractivity contribution in [3.63, 3.8) is 0 Å². The van der Waals surface area contributed by atoms with Crippen molar-refractivity contribution >= 4 is 17.8 Å². The first-order chi connectivity index (χ1) is 13.5. The summed E-state index contributed by atoms with van der Waals surface area (Å²) in [5, 5.41) is 5.49. The Labute approximate surface area is 161 Å². The van der Waals surface area contributed by atoms with Crippen LogP contribution in [0.2, 0.25) is 0 Å². The number of methoxy groups -OCH3 is 1. The second kappa shape index (κ2) is 7.03. The minimum Gasteiger partial charge on any atom is -0.497 e. The van der Waals surface area contributed by atoms with Gasteiger partial charge in [-0.05, 0) is 54.7 Å². The Morgan fingerprint density at radius 1 is 1.36 bits per heavy atom. The van der Waals surface area contributed by atoms with Crippen molar-refractivity contribution in [3.05, 3.63) is 53.5 Å². The zero-order chi connectivity index (χ0) is 19.7. The fourth-order valence-corrected chi connectivity index (χ4v) is 3.92. The second-order valence-corrected chi connectivity index (χ2v) is 6.96. The molecule has 8 nitrogen and oxygen atoms in total. The highest BCUT2D eigenvalue weighted by Crippen LogP contribution is 2.41. The number of hydrogen-bond donors (Lipinski definition) is 2. The Bertz CT molecular complexity index is 924. The van der Waals surface area contributed by atoms with Crippen molar-refractivity contribution in [2.75, 3.05) is 13.7 Å². The molecule has 0 bridgehead atoms. The van der Waals surface area contributed by atoms with E-state index in [2.05, 4.69) is 10.6 Å². The lowest BCUT2D eigenvalue weighted by atomic mass is 9.76. The molecule has 146 valence electrons. The summed E-state index contributed by atoms with van der Waals surface area (Å²) in [6.07, 6.45) is 3.57. The SMILES string of the molecule is COc1ccc2c(c1)CCCC21NC(=O)N(CC(=O)NCc2ccco2)C1=O. The summed E-state index contributed by atoms with van der Waals surface area (Å²) in [5.74, 6) is 0.485. The smallest absolute Gasteiger partial charge is 0.325 e. The summed E-state index contributed by atoms with van der Waals surface area (Å²) < 4.78 is 10.4. The van der Waals surface area contributed by atoms with E-state index in [0.29, 0.717) is 17.9 Å². The highest BCUT2D eigenvalue weighted by atomic mass is 16.5. The van der Waals surface area contributed by atoms with E-state index in [1.165, 1.54) is 6.26 Å². The lowest BCUT2D eigenvalue weighted by Gasteiger charge is -2.33. The molecule has 1 aliphatic carbocycles. The predicted octanol–water partition coefficient (Wildman–Crippen LogP) is 1.69. The van der Waals surface area contributed by atoms with Crippen LogP contribution in [0, 0.1) is 0 Å². The highest BCUT2D eigenvalue weighted by Gasteiger charge is 2.54. The molecule has 2 aromatic rings. The van der Waals surface area contributed by atoms with E-state index in [1.807, 2.05) is 12.1 Å². The number of nitrogens with one attached hydrogen (secondary N) is 2. The molecule has 1 fully saturated rings. The number of aryl methyl sites for hydroxylation is 1. The fourth-order valence-electron chi connectivity index (χ4n) is 3.92. The fraction of sp³-hybridized carbons (Fsp3) is 0.350. The lowest BCUT2D eigenvalue weighted by molar-refractivity contribution is -0.135. The standard InChI is InChI=1S/C20H21N3O5/c1-27-14-6-7-16-13(10-14)4-2-8-20(16)18(25)23(19(26)22-20)12-17(24)21-11-15-5-3-9-28-15/h3,5-7,9-10H,2,4,8,11-12H2,1H3,(H,21,24)(H,22,26). The van der Waals surface area contributed by atoms with Crippen molar-refractivity contribution in [1.82, 2.24) is 15.5 Å². The van der Waals surface area contributed by atoms with Crippen LogP contribution in [-0.2, 0) is 28.1 Å². The maximum atomic E-state index is 13.2. The lowest BCUT2D eigenvalue weighted by Crippen LogP contribution is -2.47. The molecule has 0 saturated carbocycles. The van der Waals surface area contributed by atoms with Crippen molar-refractivity contribution in [2.24, 2.45) is 0 Å². The van der Waals surface area contributed by atoms with Gasteiger partial charge < -0.3 is 19.8 Å². The number of amides is 4. The minimum absolute atomic E-state index is 0.198. The van der Waals surface area contributed by atoms with Gasteiger partial charge >= 0.3 is 6.03 Å². The molecule has 2 heterocycles. The van der Waals surface area contributed by atoms with Crippen LogP contribution in [0.5, 0.6) is 5.75 Å². The van der Waals surface area contributed by atoms with Crippen LogP contribution in [0.3, 0.4) is 0 Å². The summed E-state index contributed by atoms with van der Waals surface area (Å²) in [6.45, 7) is -0.137. The summed E-state index contributed by atoms with van der Waals surface area (Å²) in [5.41, 5.74) is 0.637. The molecule has 4 rings (SSSR count). The largest absolute Gasteiger partial charge is 0.497 e. The molecular weight excluding hydrogens is 362 g/mol. The second-order valence-electron chi connectivity index (χ2n) is 6.96. The van der Waals surface area contributed by atoms with Gasteiger partial charge in [0.2, 0.25) is 5.91 Å². The zero-order valence-corrected chi connectivity index (χ0v) is 15.5. The minimum atomic E-state index is -1.11. The van der Waals surface area contributed by atoms with Gasteiger partial charge in [0.15, 0.2) is 0 Å². The van der Waals surface area contributed by atoms with E-state index < -0.39 is 23.4 Å². The summed E-state index contributed by atoms with van der Waals surface area (Å²) >= 11 is 0. The van der Waals surface area contributed by atoms with Crippen LogP contribution in [0.15, 0.2) is 41.0 Å². The molecule has 1 aromatic carbocycles. The Kier molecular flexibility index (Phi) is 4.54. The van der Waals surface area contributed by atoms with Crippen LogP contribution < -0.4 is 15.4 Å². The third-order valence-electron chi connectivity index (χ3n) is 5.29. The first-order valence-electron chi connectivity index (χ1n) is 9.14. The van der Waals surface area contributed by atoms with Crippen LogP contribution in [0.1, 0.15) is 29.7 Å². The molecule has 0 radical (unpaired) electrons. The maximum Gasteiger partial charge on any atom is 0.325 e. The third kappa shape index (κ3) is 3.00. The monoisotopic (exact) mass is 383 g/mol. The number of nitrogens with zero attached hydrogens (tertiary/aromatic N) is 1. The van der Waals surface area contributed by atoms with Crippen molar-refractivity contribution < 1.29 is 23.5 Å². The average molecular weight is 383 g/mol. The molecule has 1 aliphatic heterocycles. The van der Waals surface area contributed by atoms with Crippen LogP contribution in [0.4, 0.5) is 4.79 Å². The van der Waals surface area contributed by atoms with E-state index in [4.69, 9.17) is 9.15 Å². The molecule has 1 atom stereocenters. The Hall–Kier alpha value is -3.29. The van der Waals surface area contributed by atoms with Crippen molar-refractivity contribution in [3.8, 4) is 5.75 Å². The molecule has 8 heteroatoms. The van der Waals surface area contributed by atoms with Gasteiger partial charge in [-0.15, -0.1) is 0 Å². The van der Waals surface area contributed by atoms with E-state index >= 15 is 0 Å². The number of fused-ring (bicyclic) bond motifs is 2. The summed E-state index contributed by atoms with van der Waals surface area (Å²) in [6, 6.07) is 8.40. The molecule has 2 N–H and O–H groups in total. The van der Waals surface area contributed by atoms with E-state index in [-0.39, 0.29) is 13.1 Å². The molecule has 28 heavy (non-hydrogen) atoms. The van der Waals surface area contributed by atoms with Gasteiger partial charge in [0, 0.05) is 0 Å². The quantitative estimate of drug-likeness (QED) is 0.765. The average Bonchev–Trinajstić information content (AvgIpc) is 3.30. The van der Waals surface area contributed by atoms with Gasteiger partial charge in [-0.3, -0.25) is 14.5 Å². The Morgan fingerprint density at radius 2 is 2.21 bits per heavy atom. The number of urea groups is 1. The molecular formula is C20H21N3O5. The Balaban J connectivity index is 1.52. The molecule has 1 unspecified atom stereocenters. The topological polar surface area (TPSA) is 101 Å². The van der Waals surface area contributed by atoms with Gasteiger partial charge in [-0.25, -0.2) is 4.79 Å². The number of carbonyl (C=O) groups excluding carboxylic acids is 3. The van der Waals surface area contributed by atoms with Crippen LogP contribution in [0.25, 0.3) is 0 Å². The normalized spacial score (nSPS) is 20.8. The number of hydrogen-bond acceptors (Lipinski definition) is 5. The van der Waals surface area contributed by atoms with Crippen molar-refractivity contribution in [1.29, 1.82) is 0 Å². The molecule has 1 aromatic heterocycles. The van der Waals surface area contributed by atoms with E-state index in [9.17, 15) is 14.4 Å². The molecule has 1 spiro atoms. The number of ether oxygens (including phenoxy) is 1. The van der Waals surface area contributed by atoms with Crippen molar-refractivity contribution in [2.45, 2.75) is 31.3 Å². The molecule has 2 aliphatic rings. The Morgan fingerprint density at radius 3 is 2.96 bits per heavy atom. The third-order valence-corrected chi connectivity index (χ3v) is 5.29. The van der Waals surface area contributed by atoms with Gasteiger partial charge in [-0.2, -0.15) is 0 Å². The number of imide groups is 1. The predicted molar refractivity (Wildman–Crippen MR) is 98.4 cm³/mol. The zero-order valence-electron chi connectivity index (χ0n) is 15.5. The number of rotatable bonds is 5. The van der Waals surface area contributed by atoms with Gasteiger partial charge in [0.1, 0.15) is 23.6 Å². The molecule has 1 saturated heterocycles. The summed E-state index contributed by atoms with van der Waals surface area (Å²) in [4.78, 5) is 38.9. The highest BCUT2D eigenvalue weighted by molar-refractivity contribution is 6.09.